The molecular formula is C16H23FN2O. The molecule has 1 amide bonds. The van der Waals surface area contributed by atoms with Crippen LogP contribution in [0.25, 0.3) is 0 Å². The summed E-state index contributed by atoms with van der Waals surface area (Å²) in [7, 11) is 2.06. The van der Waals surface area contributed by atoms with Gasteiger partial charge in [0.25, 0.3) is 0 Å². The first-order valence-electron chi connectivity index (χ1n) is 7.36. The predicted molar refractivity (Wildman–Crippen MR) is 78.0 cm³/mol. The van der Waals surface area contributed by atoms with E-state index < -0.39 is 0 Å². The molecule has 0 unspecified atom stereocenters. The van der Waals surface area contributed by atoms with Gasteiger partial charge in [-0.1, -0.05) is 12.1 Å². The van der Waals surface area contributed by atoms with Gasteiger partial charge in [-0.25, -0.2) is 4.39 Å². The minimum atomic E-state index is -0.205. The second-order valence-corrected chi connectivity index (χ2v) is 5.62. The lowest BCUT2D eigenvalue weighted by Gasteiger charge is -2.28. The fourth-order valence-electron chi connectivity index (χ4n) is 2.68. The van der Waals surface area contributed by atoms with Crippen molar-refractivity contribution in [1.29, 1.82) is 0 Å². The Bertz CT molecular complexity index is 433. The Morgan fingerprint density at radius 3 is 2.85 bits per heavy atom. The molecule has 0 saturated carbocycles. The van der Waals surface area contributed by atoms with Crippen LogP contribution in [0.1, 0.15) is 24.8 Å². The van der Waals surface area contributed by atoms with Crippen molar-refractivity contribution in [3.05, 3.63) is 35.6 Å². The van der Waals surface area contributed by atoms with Crippen LogP contribution in [0, 0.1) is 11.7 Å². The van der Waals surface area contributed by atoms with E-state index in [0.29, 0.717) is 6.54 Å². The molecule has 1 saturated heterocycles. The zero-order chi connectivity index (χ0) is 14.4. The van der Waals surface area contributed by atoms with Crippen LogP contribution >= 0.6 is 0 Å². The van der Waals surface area contributed by atoms with E-state index in [4.69, 9.17) is 0 Å². The number of nitrogens with zero attached hydrogens (tertiary/aromatic N) is 1. The van der Waals surface area contributed by atoms with Crippen molar-refractivity contribution >= 4 is 5.91 Å². The number of halogens is 1. The molecule has 0 spiro atoms. The molecule has 1 aliphatic rings. The quantitative estimate of drug-likeness (QED) is 0.838. The Labute approximate surface area is 120 Å². The summed E-state index contributed by atoms with van der Waals surface area (Å²) in [5.74, 6) is 0.110. The van der Waals surface area contributed by atoms with Crippen LogP contribution in [0.5, 0.6) is 0 Å². The number of likely N-dealkylation sites (tertiary alicyclic amines) is 1. The molecule has 3 nitrogen and oxygen atoms in total. The Kier molecular flexibility index (Phi) is 5.53. The van der Waals surface area contributed by atoms with E-state index in [0.717, 1.165) is 44.3 Å². The van der Waals surface area contributed by atoms with Gasteiger partial charge in [0.1, 0.15) is 5.82 Å². The molecule has 0 bridgehead atoms. The van der Waals surface area contributed by atoms with Gasteiger partial charge in [0, 0.05) is 13.1 Å². The van der Waals surface area contributed by atoms with Crippen molar-refractivity contribution < 1.29 is 9.18 Å². The number of hydrogen-bond donors (Lipinski definition) is 1. The van der Waals surface area contributed by atoms with Gasteiger partial charge in [-0.2, -0.15) is 0 Å². The summed E-state index contributed by atoms with van der Waals surface area (Å²) >= 11 is 0. The van der Waals surface area contributed by atoms with Crippen molar-refractivity contribution in [3.8, 4) is 0 Å². The largest absolute Gasteiger partial charge is 0.356 e. The third-order valence-electron chi connectivity index (χ3n) is 3.85. The van der Waals surface area contributed by atoms with Crippen molar-refractivity contribution in [3.63, 3.8) is 0 Å². The molecule has 1 aromatic rings. The van der Waals surface area contributed by atoms with E-state index in [1.54, 1.807) is 12.1 Å². The number of amides is 1. The van der Waals surface area contributed by atoms with E-state index in [2.05, 4.69) is 17.3 Å². The molecular weight excluding hydrogens is 255 g/mol. The number of nitrogens with one attached hydrogen (secondary N) is 1. The number of piperidine rings is 1. The number of carbonyl (C=O) groups excluding carboxylic acids is 1. The van der Waals surface area contributed by atoms with E-state index in [1.165, 1.54) is 12.1 Å². The summed E-state index contributed by atoms with van der Waals surface area (Å²) in [6, 6.07) is 6.55. The molecule has 110 valence electrons. The highest BCUT2D eigenvalue weighted by molar-refractivity contribution is 5.78. The molecule has 1 aliphatic heterocycles. The summed E-state index contributed by atoms with van der Waals surface area (Å²) in [6.07, 6.45) is 3.85. The molecule has 1 fully saturated rings. The summed E-state index contributed by atoms with van der Waals surface area (Å²) in [6.45, 7) is 2.65. The molecule has 0 aliphatic carbocycles. The highest BCUT2D eigenvalue weighted by Gasteiger charge is 2.23. The van der Waals surface area contributed by atoms with E-state index in [1.807, 2.05) is 0 Å². The maximum absolute atomic E-state index is 12.8. The monoisotopic (exact) mass is 278 g/mol. The Morgan fingerprint density at radius 2 is 2.15 bits per heavy atom. The SMILES string of the molecule is CN1CCC[C@@H](C(=O)NCCCc2ccc(F)cc2)C1. The predicted octanol–water partition coefficient (Wildman–Crippen LogP) is 2.22. The van der Waals surface area contributed by atoms with Crippen LogP contribution in [0.15, 0.2) is 24.3 Å². The zero-order valence-corrected chi connectivity index (χ0v) is 12.1. The van der Waals surface area contributed by atoms with Crippen LogP contribution in [0.2, 0.25) is 0 Å². The van der Waals surface area contributed by atoms with Crippen molar-refractivity contribution in [1.82, 2.24) is 10.2 Å². The topological polar surface area (TPSA) is 32.3 Å². The smallest absolute Gasteiger partial charge is 0.224 e. The molecule has 2 rings (SSSR count). The summed E-state index contributed by atoms with van der Waals surface area (Å²) in [5.41, 5.74) is 1.11. The number of aryl methyl sites for hydroxylation is 1. The first kappa shape index (κ1) is 15.0. The maximum Gasteiger partial charge on any atom is 0.224 e. The van der Waals surface area contributed by atoms with Gasteiger partial charge in [0.05, 0.1) is 5.92 Å². The minimum absolute atomic E-state index is 0.138. The minimum Gasteiger partial charge on any atom is -0.356 e. The Morgan fingerprint density at radius 1 is 1.40 bits per heavy atom. The molecule has 1 heterocycles. The molecule has 4 heteroatoms. The Balaban J connectivity index is 1.65. The highest BCUT2D eigenvalue weighted by Crippen LogP contribution is 2.15. The number of benzene rings is 1. The summed E-state index contributed by atoms with van der Waals surface area (Å²) < 4.78 is 12.8. The average molecular weight is 278 g/mol. The van der Waals surface area contributed by atoms with Crippen molar-refractivity contribution in [2.45, 2.75) is 25.7 Å². The lowest BCUT2D eigenvalue weighted by atomic mass is 9.97. The van der Waals surface area contributed by atoms with Gasteiger partial charge < -0.3 is 10.2 Å². The van der Waals surface area contributed by atoms with E-state index in [9.17, 15) is 9.18 Å². The van der Waals surface area contributed by atoms with Crippen molar-refractivity contribution in [2.75, 3.05) is 26.7 Å². The van der Waals surface area contributed by atoms with E-state index in [-0.39, 0.29) is 17.6 Å². The molecule has 0 radical (unpaired) electrons. The second kappa shape index (κ2) is 7.39. The third-order valence-corrected chi connectivity index (χ3v) is 3.85. The molecule has 0 aromatic heterocycles. The lowest BCUT2D eigenvalue weighted by Crippen LogP contribution is -2.41. The van der Waals surface area contributed by atoms with Crippen molar-refractivity contribution in [2.24, 2.45) is 5.92 Å². The van der Waals surface area contributed by atoms with Crippen LogP contribution in [-0.4, -0.2) is 37.5 Å². The summed E-state index contributed by atoms with van der Waals surface area (Å²) in [4.78, 5) is 14.2. The van der Waals surface area contributed by atoms with Crippen LogP contribution in [0.4, 0.5) is 4.39 Å². The number of carbonyl (C=O) groups is 1. The van der Waals surface area contributed by atoms with Gasteiger partial charge in [-0.3, -0.25) is 4.79 Å². The fraction of sp³-hybridized carbons (Fsp3) is 0.562. The molecule has 1 atom stereocenters. The number of hydrogen-bond acceptors (Lipinski definition) is 2. The molecule has 1 N–H and O–H groups in total. The van der Waals surface area contributed by atoms with E-state index >= 15 is 0 Å². The Hall–Kier alpha value is -1.42. The van der Waals surface area contributed by atoms with Crippen LogP contribution < -0.4 is 5.32 Å². The van der Waals surface area contributed by atoms with Gasteiger partial charge >= 0.3 is 0 Å². The first-order chi connectivity index (χ1) is 9.65. The normalized spacial score (nSPS) is 19.8. The second-order valence-electron chi connectivity index (χ2n) is 5.62. The zero-order valence-electron chi connectivity index (χ0n) is 12.1. The standard InChI is InChI=1S/C16H23FN2O/c1-19-11-3-5-14(12-19)16(20)18-10-2-4-13-6-8-15(17)9-7-13/h6-9,14H,2-5,10-12H2,1H3,(H,18,20)/t14-/m1/s1. The highest BCUT2D eigenvalue weighted by atomic mass is 19.1. The summed E-state index contributed by atoms with van der Waals surface area (Å²) in [5, 5.41) is 3.01. The van der Waals surface area contributed by atoms with Gasteiger partial charge in [0.2, 0.25) is 5.91 Å². The molecule has 20 heavy (non-hydrogen) atoms. The average Bonchev–Trinajstić information content (AvgIpc) is 2.45. The van der Waals surface area contributed by atoms with Gasteiger partial charge in [0.15, 0.2) is 0 Å². The lowest BCUT2D eigenvalue weighted by molar-refractivity contribution is -0.126. The molecule has 1 aromatic carbocycles. The maximum atomic E-state index is 12.8. The number of rotatable bonds is 5. The fourth-order valence-corrected chi connectivity index (χ4v) is 2.68. The van der Waals surface area contributed by atoms with Gasteiger partial charge in [-0.05, 0) is 57.0 Å². The van der Waals surface area contributed by atoms with Crippen LogP contribution in [0.3, 0.4) is 0 Å². The first-order valence-corrected chi connectivity index (χ1v) is 7.36. The van der Waals surface area contributed by atoms with Crippen LogP contribution in [-0.2, 0) is 11.2 Å². The third kappa shape index (κ3) is 4.60. The van der Waals surface area contributed by atoms with Gasteiger partial charge in [-0.15, -0.1) is 0 Å².